The number of benzene rings is 5. The van der Waals surface area contributed by atoms with E-state index in [0.29, 0.717) is 17.8 Å². The quantitative estimate of drug-likeness (QED) is 0.169. The number of fused-ring (bicyclic) bond motifs is 8. The first-order valence-corrected chi connectivity index (χ1v) is 19.3. The first-order chi connectivity index (χ1) is 25.8. The van der Waals surface area contributed by atoms with Gasteiger partial charge in [0.2, 0.25) is 0 Å². The lowest BCUT2D eigenvalue weighted by Crippen LogP contribution is -2.23. The van der Waals surface area contributed by atoms with E-state index in [1.54, 1.807) is 0 Å². The molecule has 0 aliphatic heterocycles. The number of hydrogen-bond donors (Lipinski definition) is 0. The van der Waals surface area contributed by atoms with Crippen molar-refractivity contribution in [3.63, 3.8) is 0 Å². The van der Waals surface area contributed by atoms with Gasteiger partial charge in [-0.15, -0.1) is 0 Å². The van der Waals surface area contributed by atoms with Crippen molar-refractivity contribution in [3.05, 3.63) is 191 Å². The molecule has 0 saturated heterocycles. The van der Waals surface area contributed by atoms with Crippen LogP contribution in [0.4, 0.5) is 0 Å². The van der Waals surface area contributed by atoms with Crippen molar-refractivity contribution in [2.45, 2.75) is 32.1 Å². The minimum atomic E-state index is 0.303. The van der Waals surface area contributed by atoms with E-state index >= 15 is 0 Å². The van der Waals surface area contributed by atoms with Crippen LogP contribution in [-0.4, -0.2) is 0 Å². The van der Waals surface area contributed by atoms with Crippen molar-refractivity contribution in [2.24, 2.45) is 17.8 Å². The van der Waals surface area contributed by atoms with E-state index in [0.717, 1.165) is 32.1 Å². The Bertz CT molecular complexity index is 2730. The highest BCUT2D eigenvalue weighted by molar-refractivity contribution is 6.30. The van der Waals surface area contributed by atoms with E-state index in [9.17, 15) is 0 Å². The molecule has 0 N–H and O–H groups in total. The third-order valence-electron chi connectivity index (χ3n) is 13.0. The van der Waals surface area contributed by atoms with Crippen molar-refractivity contribution in [1.82, 2.24) is 0 Å². The van der Waals surface area contributed by atoms with Crippen LogP contribution in [0.3, 0.4) is 0 Å². The maximum absolute atomic E-state index is 2.67. The summed E-state index contributed by atoms with van der Waals surface area (Å²) in [5.41, 5.74) is 21.8. The van der Waals surface area contributed by atoms with Gasteiger partial charge >= 0.3 is 0 Å². The lowest BCUT2D eigenvalue weighted by molar-refractivity contribution is 0.638. The van der Waals surface area contributed by atoms with Crippen LogP contribution in [-0.2, 0) is 0 Å². The van der Waals surface area contributed by atoms with Gasteiger partial charge in [-0.3, -0.25) is 0 Å². The summed E-state index contributed by atoms with van der Waals surface area (Å²) in [5.74, 6) is 1.04. The molecule has 52 heavy (non-hydrogen) atoms. The predicted octanol–water partition coefficient (Wildman–Crippen LogP) is 13.6. The normalized spacial score (nSPS) is 23.1. The molecule has 5 aromatic rings. The molecular weight excluding hydrogens is 625 g/mol. The molecule has 0 heteroatoms. The molecular formula is C52H38. The lowest BCUT2D eigenvalue weighted by Gasteiger charge is -2.36. The Hall–Kier alpha value is -5.72. The molecule has 7 aliphatic carbocycles. The Morgan fingerprint density at radius 1 is 0.577 bits per heavy atom. The standard InChI is InChI=1S/C52H38/c1-4-15-31(16-5-1)35-28-41-36-22-11-10-21-34(36)27-43-49(41)44(29-35)51-46(32-17-6-2-7-18-32)45-30-42-38-24-13-12-23-37(38)39-25-14-26-40(48(39)42)50(45)47(52(43)51)33-19-8-3-9-20-33/h1-9,11-12,14-15,17-20,22-23,25-31,41,49H,10,13,16,21,24H2. The molecule has 5 aromatic carbocycles. The first kappa shape index (κ1) is 28.9. The van der Waals surface area contributed by atoms with Crippen LogP contribution in [0.1, 0.15) is 54.4 Å². The second-order valence-electron chi connectivity index (χ2n) is 15.6. The monoisotopic (exact) mass is 662 g/mol. The van der Waals surface area contributed by atoms with Crippen molar-refractivity contribution >= 4 is 43.8 Å². The first-order valence-electron chi connectivity index (χ1n) is 19.3. The van der Waals surface area contributed by atoms with Gasteiger partial charge < -0.3 is 0 Å². The predicted molar refractivity (Wildman–Crippen MR) is 220 cm³/mol. The minimum absolute atomic E-state index is 0.303. The molecule has 12 rings (SSSR count). The van der Waals surface area contributed by atoms with Crippen LogP contribution in [0.25, 0.3) is 66.1 Å². The van der Waals surface area contributed by atoms with Crippen LogP contribution < -0.4 is 0 Å². The van der Waals surface area contributed by atoms with Gasteiger partial charge in [0, 0.05) is 17.8 Å². The smallest absolute Gasteiger partial charge is 0.0206 e. The number of allylic oxidation sites excluding steroid dienone is 18. The fourth-order valence-electron chi connectivity index (χ4n) is 10.9. The van der Waals surface area contributed by atoms with Gasteiger partial charge in [-0.1, -0.05) is 146 Å². The summed E-state index contributed by atoms with van der Waals surface area (Å²) in [6, 6.07) is 32.4. The van der Waals surface area contributed by atoms with Gasteiger partial charge in [-0.05, 0) is 143 Å². The topological polar surface area (TPSA) is 0 Å². The van der Waals surface area contributed by atoms with Gasteiger partial charge in [0.15, 0.2) is 0 Å². The minimum Gasteiger partial charge on any atom is -0.0839 e. The summed E-state index contributed by atoms with van der Waals surface area (Å²) in [4.78, 5) is 0. The van der Waals surface area contributed by atoms with Crippen molar-refractivity contribution < 1.29 is 0 Å². The molecule has 0 aromatic heterocycles. The second-order valence-corrected chi connectivity index (χ2v) is 15.6. The molecule has 7 aliphatic rings. The van der Waals surface area contributed by atoms with Gasteiger partial charge in [0.1, 0.15) is 0 Å². The van der Waals surface area contributed by atoms with Gasteiger partial charge in [0.25, 0.3) is 0 Å². The lowest BCUT2D eigenvalue weighted by atomic mass is 9.67. The van der Waals surface area contributed by atoms with Gasteiger partial charge in [0.05, 0.1) is 0 Å². The summed E-state index contributed by atoms with van der Waals surface area (Å²) in [5, 5.41) is 5.62. The zero-order valence-corrected chi connectivity index (χ0v) is 29.2. The number of hydrogen-bond acceptors (Lipinski definition) is 0. The van der Waals surface area contributed by atoms with E-state index in [-0.39, 0.29) is 0 Å². The molecule has 0 nitrogen and oxygen atoms in total. The largest absolute Gasteiger partial charge is 0.0839 e. The molecule has 3 atom stereocenters. The molecule has 0 saturated carbocycles. The van der Waals surface area contributed by atoms with E-state index in [4.69, 9.17) is 0 Å². The van der Waals surface area contributed by atoms with Crippen LogP contribution in [0.15, 0.2) is 168 Å². The molecule has 0 radical (unpaired) electrons. The zero-order valence-electron chi connectivity index (χ0n) is 29.2. The van der Waals surface area contributed by atoms with Crippen LogP contribution in [0, 0.1) is 17.8 Å². The Labute approximate surface area is 305 Å². The van der Waals surface area contributed by atoms with Crippen molar-refractivity contribution in [1.29, 1.82) is 0 Å². The average Bonchev–Trinajstić information content (AvgIpc) is 3.71. The Morgan fingerprint density at radius 3 is 2.17 bits per heavy atom. The van der Waals surface area contributed by atoms with Crippen LogP contribution in [0.5, 0.6) is 0 Å². The number of rotatable bonds is 3. The fraction of sp³-hybridized carbons (Fsp3) is 0.154. The molecule has 0 bridgehead atoms. The molecule has 0 amide bonds. The highest BCUT2D eigenvalue weighted by Crippen LogP contribution is 2.64. The van der Waals surface area contributed by atoms with E-state index < -0.39 is 0 Å². The maximum Gasteiger partial charge on any atom is 0.0206 e. The van der Waals surface area contributed by atoms with Crippen molar-refractivity contribution in [2.75, 3.05) is 0 Å². The van der Waals surface area contributed by atoms with E-state index in [2.05, 4.69) is 152 Å². The fourth-order valence-corrected chi connectivity index (χ4v) is 10.9. The summed E-state index contributed by atoms with van der Waals surface area (Å²) in [6.45, 7) is 0. The van der Waals surface area contributed by atoms with E-state index in [1.165, 1.54) is 105 Å². The Balaban J connectivity index is 1.29. The molecule has 0 heterocycles. The van der Waals surface area contributed by atoms with Crippen molar-refractivity contribution in [3.8, 4) is 22.3 Å². The third kappa shape index (κ3) is 3.88. The summed E-state index contributed by atoms with van der Waals surface area (Å²) in [7, 11) is 0. The summed E-state index contributed by atoms with van der Waals surface area (Å²) < 4.78 is 0. The molecule has 0 spiro atoms. The molecule has 0 fully saturated rings. The maximum atomic E-state index is 2.67. The molecule has 3 unspecified atom stereocenters. The van der Waals surface area contributed by atoms with Crippen LogP contribution >= 0.6 is 0 Å². The van der Waals surface area contributed by atoms with E-state index in [1.807, 2.05) is 0 Å². The SMILES string of the molecule is C1=CCC(C2=CC3C4=C(C=C5c6c(c(-c7ccccc7)c7cc8c9c(cccc9c7c6-c6ccccc6)C6=C8CCC=C6)C(=C2)C53)CCC=C4)C=C1. The zero-order chi connectivity index (χ0) is 33.9. The average molecular weight is 663 g/mol. The van der Waals surface area contributed by atoms with Gasteiger partial charge in [-0.2, -0.15) is 0 Å². The highest BCUT2D eigenvalue weighted by atomic mass is 14.5. The van der Waals surface area contributed by atoms with Crippen LogP contribution in [0.2, 0.25) is 0 Å². The second kappa shape index (κ2) is 10.9. The summed E-state index contributed by atoms with van der Waals surface area (Å²) in [6.07, 6.45) is 32.3. The Kier molecular flexibility index (Phi) is 6.06. The Morgan fingerprint density at radius 2 is 1.35 bits per heavy atom. The highest BCUT2D eigenvalue weighted by Gasteiger charge is 2.46. The summed E-state index contributed by atoms with van der Waals surface area (Å²) >= 11 is 0. The third-order valence-corrected chi connectivity index (χ3v) is 13.0. The molecule has 246 valence electrons. The van der Waals surface area contributed by atoms with Gasteiger partial charge in [-0.25, -0.2) is 0 Å².